The van der Waals surface area contributed by atoms with E-state index in [1.54, 1.807) is 31.6 Å². The smallest absolute Gasteiger partial charge is 0.365 e. The Kier molecular flexibility index (Phi) is 7.94. The number of aromatic carboxylic acids is 1. The molecule has 11 heteroatoms. The highest BCUT2D eigenvalue weighted by molar-refractivity contribution is 7.17. The van der Waals surface area contributed by atoms with Gasteiger partial charge in [0.25, 0.3) is 5.91 Å². The standard InChI is InChI=1S/C35H35N5O5S/c1-21-29(46-32(36-21)33(42)43)22-9-12-25(13-10-22)37-34(44)35(16-5-6-17-35)39-31(41)23-11-14-28-27(19-23)38-30(24-15-18-45-20-24)40(28)26-7-3-2-4-8-26/h9-15,18-20,26H,2-8,16-17H2,1H3,(H,37,44)(H,39,41)(H,42,43). The second kappa shape index (κ2) is 12.2. The van der Waals surface area contributed by atoms with Crippen LogP contribution in [0.2, 0.25) is 0 Å². The van der Waals surface area contributed by atoms with Gasteiger partial charge in [0, 0.05) is 17.3 Å². The Morgan fingerprint density at radius 1 is 0.957 bits per heavy atom. The number of benzene rings is 2. The topological polar surface area (TPSA) is 139 Å². The van der Waals surface area contributed by atoms with Crippen molar-refractivity contribution in [1.82, 2.24) is 19.9 Å². The number of carbonyl (C=O) groups excluding carboxylic acids is 2. The molecule has 3 aromatic heterocycles. The highest BCUT2D eigenvalue weighted by atomic mass is 32.1. The quantitative estimate of drug-likeness (QED) is 0.159. The molecule has 2 aliphatic carbocycles. The lowest BCUT2D eigenvalue weighted by Gasteiger charge is -2.29. The summed E-state index contributed by atoms with van der Waals surface area (Å²) in [5.74, 6) is -0.765. The molecule has 0 radical (unpaired) electrons. The first-order valence-electron chi connectivity index (χ1n) is 15.8. The molecule has 0 atom stereocenters. The van der Waals surface area contributed by atoms with E-state index in [4.69, 9.17) is 9.40 Å². The van der Waals surface area contributed by atoms with E-state index in [2.05, 4.69) is 20.2 Å². The van der Waals surface area contributed by atoms with Gasteiger partial charge in [-0.15, -0.1) is 11.3 Å². The first kappa shape index (κ1) is 29.9. The van der Waals surface area contributed by atoms with Crippen LogP contribution in [-0.4, -0.2) is 43.0 Å². The Bertz CT molecular complexity index is 1910. The summed E-state index contributed by atoms with van der Waals surface area (Å²) in [5, 5.41) is 15.4. The molecular weight excluding hydrogens is 602 g/mol. The largest absolute Gasteiger partial charge is 0.476 e. The number of carboxylic acids is 1. The third kappa shape index (κ3) is 5.60. The van der Waals surface area contributed by atoms with Gasteiger partial charge in [-0.3, -0.25) is 9.59 Å². The van der Waals surface area contributed by atoms with Crippen LogP contribution >= 0.6 is 11.3 Å². The Morgan fingerprint density at radius 3 is 2.39 bits per heavy atom. The summed E-state index contributed by atoms with van der Waals surface area (Å²) < 4.78 is 7.69. The Labute approximate surface area is 269 Å². The minimum absolute atomic E-state index is 0.0407. The van der Waals surface area contributed by atoms with E-state index in [-0.39, 0.29) is 16.8 Å². The van der Waals surface area contributed by atoms with Crippen LogP contribution in [0.25, 0.3) is 32.9 Å². The number of nitrogens with zero attached hydrogens (tertiary/aromatic N) is 3. The van der Waals surface area contributed by atoms with Crippen LogP contribution in [0, 0.1) is 6.92 Å². The highest BCUT2D eigenvalue weighted by Crippen LogP contribution is 2.37. The molecular formula is C35H35N5O5S. The number of hydrogen-bond donors (Lipinski definition) is 3. The first-order chi connectivity index (χ1) is 22.3. The average Bonchev–Trinajstić information content (AvgIpc) is 3.88. The molecule has 5 aromatic rings. The zero-order valence-electron chi connectivity index (χ0n) is 25.5. The number of nitrogens with one attached hydrogen (secondary N) is 2. The molecule has 7 rings (SSSR count). The van der Waals surface area contributed by atoms with Gasteiger partial charge < -0.3 is 24.7 Å². The molecule has 3 N–H and O–H groups in total. The summed E-state index contributed by atoms with van der Waals surface area (Å²) in [5.41, 5.74) is 4.13. The van der Waals surface area contributed by atoms with Crippen LogP contribution < -0.4 is 10.6 Å². The molecule has 2 saturated carbocycles. The van der Waals surface area contributed by atoms with E-state index in [1.165, 1.54) is 19.3 Å². The van der Waals surface area contributed by atoms with Crippen molar-refractivity contribution in [1.29, 1.82) is 0 Å². The van der Waals surface area contributed by atoms with Crippen LogP contribution in [0.15, 0.2) is 65.5 Å². The van der Waals surface area contributed by atoms with Gasteiger partial charge in [-0.1, -0.05) is 44.2 Å². The van der Waals surface area contributed by atoms with E-state index >= 15 is 0 Å². The Hall–Kier alpha value is -4.77. The molecule has 2 aromatic carbocycles. The number of carbonyl (C=O) groups is 3. The average molecular weight is 638 g/mol. The molecule has 0 bridgehead atoms. The monoisotopic (exact) mass is 637 g/mol. The molecule has 0 unspecified atom stereocenters. The van der Waals surface area contributed by atoms with Gasteiger partial charge >= 0.3 is 5.97 Å². The molecule has 2 fully saturated rings. The van der Waals surface area contributed by atoms with Gasteiger partial charge in [0.2, 0.25) is 10.9 Å². The summed E-state index contributed by atoms with van der Waals surface area (Å²) in [6.45, 7) is 1.78. The van der Waals surface area contributed by atoms with Crippen molar-refractivity contribution >= 4 is 45.8 Å². The van der Waals surface area contributed by atoms with Crippen molar-refractivity contribution in [2.45, 2.75) is 76.3 Å². The lowest BCUT2D eigenvalue weighted by Crippen LogP contribution is -2.55. The number of hydrogen-bond acceptors (Lipinski definition) is 7. The zero-order valence-corrected chi connectivity index (χ0v) is 26.4. The van der Waals surface area contributed by atoms with Gasteiger partial charge in [0.1, 0.15) is 17.6 Å². The number of rotatable bonds is 8. The summed E-state index contributed by atoms with van der Waals surface area (Å²) in [6, 6.07) is 15.1. The van der Waals surface area contributed by atoms with E-state index in [1.807, 2.05) is 36.4 Å². The van der Waals surface area contributed by atoms with Gasteiger partial charge in [-0.05, 0) is 74.6 Å². The fraction of sp³-hybridized carbons (Fsp3) is 0.343. The van der Waals surface area contributed by atoms with Crippen LogP contribution in [0.3, 0.4) is 0 Å². The maximum atomic E-state index is 13.7. The molecule has 46 heavy (non-hydrogen) atoms. The third-order valence-corrected chi connectivity index (χ3v) is 10.5. The molecule has 2 aliphatic rings. The van der Waals surface area contributed by atoms with Gasteiger partial charge in [0.05, 0.1) is 33.4 Å². The minimum atomic E-state index is -1.06. The highest BCUT2D eigenvalue weighted by Gasteiger charge is 2.42. The second-order valence-electron chi connectivity index (χ2n) is 12.3. The second-order valence-corrected chi connectivity index (χ2v) is 13.3. The van der Waals surface area contributed by atoms with E-state index < -0.39 is 11.5 Å². The maximum Gasteiger partial charge on any atom is 0.365 e. The van der Waals surface area contributed by atoms with Crippen LogP contribution in [0.5, 0.6) is 0 Å². The zero-order chi connectivity index (χ0) is 31.8. The first-order valence-corrected chi connectivity index (χ1v) is 16.6. The number of thiazole rings is 1. The van der Waals surface area contributed by atoms with Crippen molar-refractivity contribution in [3.8, 4) is 21.8 Å². The molecule has 236 valence electrons. The van der Waals surface area contributed by atoms with Crippen molar-refractivity contribution in [2.24, 2.45) is 0 Å². The van der Waals surface area contributed by atoms with Gasteiger partial charge in [0.15, 0.2) is 0 Å². The predicted molar refractivity (Wildman–Crippen MR) is 176 cm³/mol. The number of anilines is 1. The number of amides is 2. The number of furan rings is 1. The predicted octanol–water partition coefficient (Wildman–Crippen LogP) is 7.61. The normalized spacial score (nSPS) is 16.5. The number of aromatic nitrogens is 3. The fourth-order valence-corrected chi connectivity index (χ4v) is 7.84. The van der Waals surface area contributed by atoms with E-state index in [0.29, 0.717) is 35.8 Å². The molecule has 3 heterocycles. The fourth-order valence-electron chi connectivity index (χ4n) is 6.93. The Balaban J connectivity index is 1.11. The molecule has 0 spiro atoms. The summed E-state index contributed by atoms with van der Waals surface area (Å²) in [7, 11) is 0. The van der Waals surface area contributed by atoms with Crippen molar-refractivity contribution in [3.63, 3.8) is 0 Å². The van der Waals surface area contributed by atoms with E-state index in [0.717, 1.165) is 69.9 Å². The van der Waals surface area contributed by atoms with Crippen LogP contribution in [0.1, 0.15) is 89.7 Å². The Morgan fingerprint density at radius 2 is 1.72 bits per heavy atom. The summed E-state index contributed by atoms with van der Waals surface area (Å²) in [4.78, 5) is 48.7. The van der Waals surface area contributed by atoms with Crippen LogP contribution in [-0.2, 0) is 4.79 Å². The van der Waals surface area contributed by atoms with Crippen LogP contribution in [0.4, 0.5) is 5.69 Å². The van der Waals surface area contributed by atoms with Gasteiger partial charge in [-0.2, -0.15) is 0 Å². The third-order valence-electron chi connectivity index (χ3n) is 9.30. The van der Waals surface area contributed by atoms with Crippen molar-refractivity contribution in [2.75, 3.05) is 5.32 Å². The molecule has 0 aliphatic heterocycles. The SMILES string of the molecule is Cc1nc(C(=O)O)sc1-c1ccc(NC(=O)C2(NC(=O)c3ccc4c(c3)nc(-c3ccoc3)n4C3CCCCC3)CCCC2)cc1. The molecule has 0 saturated heterocycles. The summed E-state index contributed by atoms with van der Waals surface area (Å²) >= 11 is 1.12. The minimum Gasteiger partial charge on any atom is -0.476 e. The summed E-state index contributed by atoms with van der Waals surface area (Å²) in [6.07, 6.45) is 11.9. The molecule has 10 nitrogen and oxygen atoms in total. The number of imidazole rings is 1. The number of aryl methyl sites for hydroxylation is 1. The number of fused-ring (bicyclic) bond motifs is 1. The maximum absolute atomic E-state index is 13.7. The molecule has 2 amide bonds. The van der Waals surface area contributed by atoms with Crippen molar-refractivity contribution < 1.29 is 23.9 Å². The van der Waals surface area contributed by atoms with Gasteiger partial charge in [-0.25, -0.2) is 14.8 Å². The lowest BCUT2D eigenvalue weighted by atomic mass is 9.94. The number of carboxylic acid groups (broad SMARTS) is 1. The van der Waals surface area contributed by atoms with E-state index in [9.17, 15) is 19.5 Å². The van der Waals surface area contributed by atoms with Crippen molar-refractivity contribution in [3.05, 3.63) is 77.3 Å². The lowest BCUT2D eigenvalue weighted by molar-refractivity contribution is -0.122.